The van der Waals surface area contributed by atoms with Crippen LogP contribution in [0.25, 0.3) is 0 Å². The van der Waals surface area contributed by atoms with Crippen LogP contribution in [0.3, 0.4) is 0 Å². The van der Waals surface area contributed by atoms with Crippen LogP contribution in [0.1, 0.15) is 45.6 Å². The topological polar surface area (TPSA) is 29.3 Å². The van der Waals surface area contributed by atoms with E-state index in [-0.39, 0.29) is 5.54 Å². The van der Waals surface area contributed by atoms with Gasteiger partial charge in [-0.1, -0.05) is 45.4 Å². The highest BCUT2D eigenvalue weighted by Gasteiger charge is 2.52. The number of hydrogen-bond acceptors (Lipinski definition) is 2. The Bertz CT molecular complexity index is 494. The predicted molar refractivity (Wildman–Crippen MR) is 86.1 cm³/mol. The lowest BCUT2D eigenvalue weighted by Gasteiger charge is -2.53. The fourth-order valence-corrected chi connectivity index (χ4v) is 4.58. The van der Waals surface area contributed by atoms with Gasteiger partial charge < -0.3 is 10.6 Å². The molecule has 2 N–H and O–H groups in total. The number of anilines is 1. The van der Waals surface area contributed by atoms with Gasteiger partial charge in [0.05, 0.1) is 5.54 Å². The minimum absolute atomic E-state index is 0.137. The third kappa shape index (κ3) is 1.88. The van der Waals surface area contributed by atoms with Gasteiger partial charge in [-0.15, -0.1) is 0 Å². The maximum atomic E-state index is 6.34. The lowest BCUT2D eigenvalue weighted by Crippen LogP contribution is -2.62. The summed E-state index contributed by atoms with van der Waals surface area (Å²) >= 11 is 0. The standard InChI is InChI=1S/C18H28N2/c1-14-11-15-7-4-5-8-16(15)20(12-14)18(13-19)10-6-9-17(18,2)3/h4-5,7-8,14H,6,9-13,19H2,1-3H3. The van der Waals surface area contributed by atoms with Crippen LogP contribution in [-0.2, 0) is 6.42 Å². The molecule has 0 saturated heterocycles. The average Bonchev–Trinajstić information content (AvgIpc) is 2.73. The number of nitrogens with zero attached hydrogens (tertiary/aromatic N) is 1. The maximum absolute atomic E-state index is 6.34. The van der Waals surface area contributed by atoms with E-state index in [1.54, 1.807) is 0 Å². The van der Waals surface area contributed by atoms with Crippen molar-refractivity contribution < 1.29 is 0 Å². The minimum Gasteiger partial charge on any atom is -0.364 e. The van der Waals surface area contributed by atoms with Gasteiger partial charge >= 0.3 is 0 Å². The smallest absolute Gasteiger partial charge is 0.0575 e. The van der Waals surface area contributed by atoms with Crippen LogP contribution in [0.2, 0.25) is 0 Å². The van der Waals surface area contributed by atoms with Crippen molar-refractivity contribution >= 4 is 5.69 Å². The molecule has 2 nitrogen and oxygen atoms in total. The van der Waals surface area contributed by atoms with Crippen LogP contribution < -0.4 is 10.6 Å². The maximum Gasteiger partial charge on any atom is 0.0575 e. The van der Waals surface area contributed by atoms with Crippen LogP contribution in [0.5, 0.6) is 0 Å². The van der Waals surface area contributed by atoms with E-state index >= 15 is 0 Å². The summed E-state index contributed by atoms with van der Waals surface area (Å²) in [4.78, 5) is 2.67. The molecule has 0 aromatic heterocycles. The van der Waals surface area contributed by atoms with Gasteiger partial charge in [-0.05, 0) is 42.2 Å². The Morgan fingerprint density at radius 2 is 2.00 bits per heavy atom. The zero-order valence-corrected chi connectivity index (χ0v) is 13.2. The summed E-state index contributed by atoms with van der Waals surface area (Å²) in [5.41, 5.74) is 9.71. The first-order valence-corrected chi connectivity index (χ1v) is 8.06. The first-order valence-electron chi connectivity index (χ1n) is 8.06. The van der Waals surface area contributed by atoms with E-state index in [1.807, 2.05) is 0 Å². The number of hydrogen-bond donors (Lipinski definition) is 1. The molecule has 2 aliphatic rings. The molecule has 20 heavy (non-hydrogen) atoms. The molecule has 0 amide bonds. The zero-order chi connectivity index (χ0) is 14.4. The van der Waals surface area contributed by atoms with E-state index in [0.29, 0.717) is 11.3 Å². The van der Waals surface area contributed by atoms with Crippen molar-refractivity contribution in [2.24, 2.45) is 17.1 Å². The van der Waals surface area contributed by atoms with E-state index in [4.69, 9.17) is 5.73 Å². The molecule has 1 aromatic rings. The summed E-state index contributed by atoms with van der Waals surface area (Å²) in [6.07, 6.45) is 5.03. The van der Waals surface area contributed by atoms with Gasteiger partial charge in [-0.2, -0.15) is 0 Å². The van der Waals surface area contributed by atoms with E-state index in [0.717, 1.165) is 13.1 Å². The van der Waals surface area contributed by atoms with Crippen LogP contribution in [0, 0.1) is 11.3 Å². The SMILES string of the molecule is CC1Cc2ccccc2N(C2(CN)CCCC2(C)C)C1. The fourth-order valence-electron chi connectivity index (χ4n) is 4.58. The van der Waals surface area contributed by atoms with Crippen molar-refractivity contribution in [1.82, 2.24) is 0 Å². The molecular formula is C18H28N2. The molecule has 2 atom stereocenters. The highest BCUT2D eigenvalue weighted by atomic mass is 15.2. The van der Waals surface area contributed by atoms with Crippen molar-refractivity contribution in [3.05, 3.63) is 29.8 Å². The van der Waals surface area contributed by atoms with E-state index in [1.165, 1.54) is 36.9 Å². The Balaban J connectivity index is 2.09. The summed E-state index contributed by atoms with van der Waals surface area (Å²) in [7, 11) is 0. The summed E-state index contributed by atoms with van der Waals surface area (Å²) in [6.45, 7) is 9.11. The summed E-state index contributed by atoms with van der Waals surface area (Å²) in [5, 5.41) is 0. The third-order valence-corrected chi connectivity index (χ3v) is 5.85. The van der Waals surface area contributed by atoms with Gasteiger partial charge in [0.25, 0.3) is 0 Å². The first kappa shape index (κ1) is 13.9. The van der Waals surface area contributed by atoms with Crippen LogP contribution in [-0.4, -0.2) is 18.6 Å². The van der Waals surface area contributed by atoms with Crippen molar-refractivity contribution in [2.75, 3.05) is 18.0 Å². The molecule has 1 aromatic carbocycles. The summed E-state index contributed by atoms with van der Waals surface area (Å²) in [5.74, 6) is 0.713. The van der Waals surface area contributed by atoms with Crippen LogP contribution in [0.15, 0.2) is 24.3 Å². The zero-order valence-electron chi connectivity index (χ0n) is 13.2. The van der Waals surface area contributed by atoms with Crippen LogP contribution in [0.4, 0.5) is 5.69 Å². The Labute approximate surface area is 123 Å². The number of fused-ring (bicyclic) bond motifs is 1. The van der Waals surface area contributed by atoms with Gasteiger partial charge in [0.15, 0.2) is 0 Å². The van der Waals surface area contributed by atoms with Crippen molar-refractivity contribution in [2.45, 2.75) is 52.0 Å². The second-order valence-electron chi connectivity index (χ2n) is 7.52. The molecule has 0 bridgehead atoms. The molecule has 110 valence electrons. The second-order valence-corrected chi connectivity index (χ2v) is 7.52. The Morgan fingerprint density at radius 1 is 1.25 bits per heavy atom. The lowest BCUT2D eigenvalue weighted by molar-refractivity contribution is 0.190. The number of nitrogens with two attached hydrogens (primary N) is 1. The second kappa shape index (κ2) is 4.77. The molecule has 1 heterocycles. The Morgan fingerprint density at radius 3 is 2.65 bits per heavy atom. The molecule has 1 aliphatic heterocycles. The van der Waals surface area contributed by atoms with E-state index in [2.05, 4.69) is 49.9 Å². The number of para-hydroxylation sites is 1. The summed E-state index contributed by atoms with van der Waals surface area (Å²) < 4.78 is 0. The molecule has 3 rings (SSSR count). The molecule has 1 fully saturated rings. The number of rotatable bonds is 2. The monoisotopic (exact) mass is 272 g/mol. The third-order valence-electron chi connectivity index (χ3n) is 5.85. The molecule has 2 unspecified atom stereocenters. The van der Waals surface area contributed by atoms with E-state index < -0.39 is 0 Å². The number of benzene rings is 1. The fraction of sp³-hybridized carbons (Fsp3) is 0.667. The van der Waals surface area contributed by atoms with Gasteiger partial charge in [0, 0.05) is 18.8 Å². The lowest BCUT2D eigenvalue weighted by atomic mass is 9.72. The molecule has 1 aliphatic carbocycles. The molecule has 1 saturated carbocycles. The molecule has 2 heteroatoms. The molecule has 0 radical (unpaired) electrons. The van der Waals surface area contributed by atoms with Gasteiger partial charge in [-0.3, -0.25) is 0 Å². The van der Waals surface area contributed by atoms with Gasteiger partial charge in [-0.25, -0.2) is 0 Å². The van der Waals surface area contributed by atoms with Gasteiger partial charge in [0.1, 0.15) is 0 Å². The highest BCUT2D eigenvalue weighted by Crippen LogP contribution is 2.52. The average molecular weight is 272 g/mol. The summed E-state index contributed by atoms with van der Waals surface area (Å²) in [6, 6.07) is 8.94. The van der Waals surface area contributed by atoms with Gasteiger partial charge in [0.2, 0.25) is 0 Å². The predicted octanol–water partition coefficient (Wildman–Crippen LogP) is 3.59. The van der Waals surface area contributed by atoms with Crippen LogP contribution >= 0.6 is 0 Å². The quantitative estimate of drug-likeness (QED) is 0.891. The molecular weight excluding hydrogens is 244 g/mol. The highest BCUT2D eigenvalue weighted by molar-refractivity contribution is 5.59. The Kier molecular flexibility index (Phi) is 3.32. The normalized spacial score (nSPS) is 32.2. The van der Waals surface area contributed by atoms with Crippen molar-refractivity contribution in [3.8, 4) is 0 Å². The first-order chi connectivity index (χ1) is 9.50. The Hall–Kier alpha value is -1.02. The van der Waals surface area contributed by atoms with Crippen molar-refractivity contribution in [1.29, 1.82) is 0 Å². The largest absolute Gasteiger partial charge is 0.364 e. The molecule has 0 spiro atoms. The minimum atomic E-state index is 0.137. The van der Waals surface area contributed by atoms with Crippen molar-refractivity contribution in [3.63, 3.8) is 0 Å². The van der Waals surface area contributed by atoms with E-state index in [9.17, 15) is 0 Å².